The van der Waals surface area contributed by atoms with Gasteiger partial charge in [-0.25, -0.2) is 9.18 Å². The van der Waals surface area contributed by atoms with Gasteiger partial charge in [0.15, 0.2) is 0 Å². The van der Waals surface area contributed by atoms with Crippen LogP contribution in [0.2, 0.25) is 0 Å². The summed E-state index contributed by atoms with van der Waals surface area (Å²) in [7, 11) is 0. The molecule has 2 N–H and O–H groups in total. The number of nitrogens with one attached hydrogen (secondary N) is 2. The summed E-state index contributed by atoms with van der Waals surface area (Å²) in [6.45, 7) is 2.37. The molecule has 5 rings (SSSR count). The largest absolute Gasteiger partial charge is 0.332 e. The van der Waals surface area contributed by atoms with Gasteiger partial charge in [0.2, 0.25) is 0 Å². The Labute approximate surface area is 130 Å². The number of benzene rings is 1. The van der Waals surface area contributed by atoms with Gasteiger partial charge in [0, 0.05) is 5.54 Å². The van der Waals surface area contributed by atoms with Gasteiger partial charge in [0.05, 0.1) is 5.69 Å². The minimum Gasteiger partial charge on any atom is -0.332 e. The molecule has 2 unspecified atom stereocenters. The predicted molar refractivity (Wildman–Crippen MR) is 84.1 cm³/mol. The number of amides is 2. The van der Waals surface area contributed by atoms with Crippen molar-refractivity contribution in [2.75, 3.05) is 5.32 Å². The van der Waals surface area contributed by atoms with Crippen molar-refractivity contribution < 1.29 is 9.18 Å². The zero-order chi connectivity index (χ0) is 15.4. The second-order valence-corrected chi connectivity index (χ2v) is 8.11. The molecule has 0 radical (unpaired) electrons. The first kappa shape index (κ1) is 14.0. The van der Waals surface area contributed by atoms with Crippen LogP contribution in [0.25, 0.3) is 0 Å². The number of halogens is 1. The Morgan fingerprint density at radius 3 is 2.50 bits per heavy atom. The highest BCUT2D eigenvalue weighted by atomic mass is 19.1. The van der Waals surface area contributed by atoms with Gasteiger partial charge < -0.3 is 10.6 Å². The number of carbonyl (C=O) groups is 1. The van der Waals surface area contributed by atoms with E-state index in [0.717, 1.165) is 31.1 Å². The molecule has 118 valence electrons. The molecule has 4 heteroatoms. The van der Waals surface area contributed by atoms with Gasteiger partial charge >= 0.3 is 6.03 Å². The van der Waals surface area contributed by atoms with Crippen molar-refractivity contribution in [3.8, 4) is 0 Å². The van der Waals surface area contributed by atoms with Crippen molar-refractivity contribution in [1.82, 2.24) is 5.32 Å². The van der Waals surface area contributed by atoms with Crippen LogP contribution in [0, 0.1) is 23.1 Å². The SMILES string of the molecule is CC12CC3CC(C1)CC(NC(=O)Nc1ccccc1F)(C3)C2. The third-order valence-electron chi connectivity index (χ3n) is 5.85. The molecule has 0 spiro atoms. The van der Waals surface area contributed by atoms with Gasteiger partial charge in [-0.05, 0) is 67.9 Å². The van der Waals surface area contributed by atoms with Crippen LogP contribution in [0.3, 0.4) is 0 Å². The Hall–Kier alpha value is -1.58. The fraction of sp³-hybridized carbons (Fsp3) is 0.611. The van der Waals surface area contributed by atoms with Crippen LogP contribution >= 0.6 is 0 Å². The molecule has 4 bridgehead atoms. The highest BCUT2D eigenvalue weighted by Gasteiger charge is 2.56. The molecule has 4 fully saturated rings. The second kappa shape index (κ2) is 4.71. The zero-order valence-corrected chi connectivity index (χ0v) is 13.0. The molecule has 4 aliphatic carbocycles. The molecule has 4 saturated carbocycles. The topological polar surface area (TPSA) is 41.1 Å². The van der Waals surface area contributed by atoms with Crippen molar-refractivity contribution in [2.24, 2.45) is 17.3 Å². The smallest absolute Gasteiger partial charge is 0.319 e. The summed E-state index contributed by atoms with van der Waals surface area (Å²) in [6, 6.07) is 6.04. The van der Waals surface area contributed by atoms with E-state index in [4.69, 9.17) is 0 Å². The van der Waals surface area contributed by atoms with E-state index in [9.17, 15) is 9.18 Å². The van der Waals surface area contributed by atoms with Gasteiger partial charge in [-0.15, -0.1) is 0 Å². The Morgan fingerprint density at radius 2 is 1.86 bits per heavy atom. The standard InChI is InChI=1S/C18H23FN2O/c1-17-7-12-6-13(8-17)10-18(9-12,11-17)21-16(22)20-15-5-3-2-4-14(15)19/h2-5,12-13H,6-11H2,1H3,(H2,20,21,22). The normalized spacial score (nSPS) is 38.8. The maximum absolute atomic E-state index is 13.7. The summed E-state index contributed by atoms with van der Waals surface area (Å²) in [5.41, 5.74) is 0.555. The summed E-state index contributed by atoms with van der Waals surface area (Å²) >= 11 is 0. The van der Waals surface area contributed by atoms with Crippen LogP contribution in [-0.4, -0.2) is 11.6 Å². The Balaban J connectivity index is 1.49. The molecular weight excluding hydrogens is 279 g/mol. The van der Waals surface area contributed by atoms with Gasteiger partial charge in [-0.2, -0.15) is 0 Å². The summed E-state index contributed by atoms with van der Waals surface area (Å²) < 4.78 is 13.7. The van der Waals surface area contributed by atoms with Crippen molar-refractivity contribution >= 4 is 11.7 Å². The highest BCUT2D eigenvalue weighted by Crippen LogP contribution is 2.61. The van der Waals surface area contributed by atoms with Gasteiger partial charge in [0.25, 0.3) is 0 Å². The first-order chi connectivity index (χ1) is 10.5. The van der Waals surface area contributed by atoms with E-state index in [1.54, 1.807) is 18.2 Å². The highest BCUT2D eigenvalue weighted by molar-refractivity contribution is 5.89. The maximum atomic E-state index is 13.7. The summed E-state index contributed by atoms with van der Waals surface area (Å²) in [6.07, 6.45) is 7.18. The summed E-state index contributed by atoms with van der Waals surface area (Å²) in [5.74, 6) is 1.11. The average Bonchev–Trinajstić information content (AvgIpc) is 2.37. The number of hydrogen-bond donors (Lipinski definition) is 2. The quantitative estimate of drug-likeness (QED) is 0.840. The van der Waals surface area contributed by atoms with E-state index in [0.29, 0.717) is 5.41 Å². The van der Waals surface area contributed by atoms with Crippen LogP contribution in [0.15, 0.2) is 24.3 Å². The molecule has 22 heavy (non-hydrogen) atoms. The number of hydrogen-bond acceptors (Lipinski definition) is 1. The lowest BCUT2D eigenvalue weighted by Crippen LogP contribution is -2.63. The molecule has 4 aliphatic rings. The number of rotatable bonds is 2. The van der Waals surface area contributed by atoms with E-state index in [1.165, 1.54) is 25.3 Å². The van der Waals surface area contributed by atoms with Crippen LogP contribution in [0.1, 0.15) is 45.4 Å². The monoisotopic (exact) mass is 302 g/mol. The molecule has 1 aromatic rings. The van der Waals surface area contributed by atoms with Crippen LogP contribution in [0.5, 0.6) is 0 Å². The lowest BCUT2D eigenvalue weighted by molar-refractivity contribution is -0.0662. The van der Waals surface area contributed by atoms with Crippen molar-refractivity contribution in [2.45, 2.75) is 51.0 Å². The summed E-state index contributed by atoms with van der Waals surface area (Å²) in [5, 5.41) is 5.88. The van der Waals surface area contributed by atoms with Crippen molar-refractivity contribution in [3.63, 3.8) is 0 Å². The van der Waals surface area contributed by atoms with Crippen molar-refractivity contribution in [1.29, 1.82) is 0 Å². The van der Waals surface area contributed by atoms with Gasteiger partial charge in [-0.3, -0.25) is 0 Å². The Kier molecular flexibility index (Phi) is 3.00. The van der Waals surface area contributed by atoms with Gasteiger partial charge in [0.1, 0.15) is 5.82 Å². The fourth-order valence-corrected chi connectivity index (χ4v) is 5.82. The third kappa shape index (κ3) is 2.38. The van der Waals surface area contributed by atoms with E-state index < -0.39 is 5.82 Å². The van der Waals surface area contributed by atoms with Crippen LogP contribution in [0.4, 0.5) is 14.9 Å². The molecule has 0 aliphatic heterocycles. The molecule has 2 atom stereocenters. The summed E-state index contributed by atoms with van der Waals surface area (Å²) in [4.78, 5) is 12.4. The predicted octanol–water partition coefficient (Wildman–Crippen LogP) is 4.31. The molecular formula is C18H23FN2O. The molecule has 3 nitrogen and oxygen atoms in total. The fourth-order valence-electron chi connectivity index (χ4n) is 5.82. The second-order valence-electron chi connectivity index (χ2n) is 8.11. The first-order valence-corrected chi connectivity index (χ1v) is 8.29. The van der Waals surface area contributed by atoms with E-state index in [-0.39, 0.29) is 17.3 Å². The van der Waals surface area contributed by atoms with Gasteiger partial charge in [-0.1, -0.05) is 19.1 Å². The first-order valence-electron chi connectivity index (χ1n) is 8.29. The number of urea groups is 1. The van der Waals surface area contributed by atoms with Crippen LogP contribution in [-0.2, 0) is 0 Å². The zero-order valence-electron chi connectivity index (χ0n) is 13.0. The van der Waals surface area contributed by atoms with E-state index in [2.05, 4.69) is 17.6 Å². The molecule has 0 saturated heterocycles. The Bertz CT molecular complexity index is 601. The van der Waals surface area contributed by atoms with Crippen LogP contribution < -0.4 is 10.6 Å². The molecule has 0 aromatic heterocycles. The number of para-hydroxylation sites is 1. The minimum absolute atomic E-state index is 0.0752. The maximum Gasteiger partial charge on any atom is 0.319 e. The number of carbonyl (C=O) groups excluding carboxylic acids is 1. The Morgan fingerprint density at radius 1 is 1.18 bits per heavy atom. The number of anilines is 1. The molecule has 0 heterocycles. The molecule has 1 aromatic carbocycles. The van der Waals surface area contributed by atoms with E-state index >= 15 is 0 Å². The van der Waals surface area contributed by atoms with Crippen molar-refractivity contribution in [3.05, 3.63) is 30.1 Å². The molecule has 2 amide bonds. The lowest BCUT2D eigenvalue weighted by Gasteiger charge is -2.61. The third-order valence-corrected chi connectivity index (χ3v) is 5.85. The van der Waals surface area contributed by atoms with E-state index in [1.807, 2.05) is 0 Å². The average molecular weight is 302 g/mol. The lowest BCUT2D eigenvalue weighted by atomic mass is 9.47. The minimum atomic E-state index is -0.393.